The van der Waals surface area contributed by atoms with E-state index in [2.05, 4.69) is 15.5 Å². The molecule has 4 N–H and O–H groups in total. The van der Waals surface area contributed by atoms with Crippen LogP contribution >= 0.6 is 0 Å². The van der Waals surface area contributed by atoms with Gasteiger partial charge in [-0.2, -0.15) is 0 Å². The van der Waals surface area contributed by atoms with Gasteiger partial charge in [0.15, 0.2) is 5.78 Å². The quantitative estimate of drug-likeness (QED) is 0.284. The van der Waals surface area contributed by atoms with Crippen molar-refractivity contribution in [1.29, 1.82) is 0 Å². The smallest absolute Gasteiger partial charge is 0.322 e. The van der Waals surface area contributed by atoms with Crippen molar-refractivity contribution < 1.29 is 14.4 Å². The molecule has 0 unspecified atom stereocenters. The predicted molar refractivity (Wildman–Crippen MR) is 144 cm³/mol. The summed E-state index contributed by atoms with van der Waals surface area (Å²) in [5.74, 6) is -0.281. The number of para-hydroxylation sites is 2. The fraction of sp³-hybridized carbons (Fsp3) is 0.250. The van der Waals surface area contributed by atoms with Gasteiger partial charge < -0.3 is 26.2 Å². The molecule has 0 saturated heterocycles. The highest BCUT2D eigenvalue weighted by Gasteiger charge is 2.15. The summed E-state index contributed by atoms with van der Waals surface area (Å²) in [6.07, 6.45) is 0.808. The second kappa shape index (κ2) is 12.5. The number of nitrogens with one attached hydrogen (secondary N) is 2. The van der Waals surface area contributed by atoms with Crippen molar-refractivity contribution in [2.24, 2.45) is 0 Å². The minimum atomic E-state index is -0.256. The third-order valence-corrected chi connectivity index (χ3v) is 5.66. The molecule has 0 aromatic heterocycles. The van der Waals surface area contributed by atoms with Gasteiger partial charge in [-0.1, -0.05) is 24.3 Å². The van der Waals surface area contributed by atoms with Crippen molar-refractivity contribution in [2.75, 3.05) is 43.6 Å². The van der Waals surface area contributed by atoms with Crippen molar-refractivity contribution in [2.45, 2.75) is 19.9 Å². The molecule has 3 aromatic carbocycles. The van der Waals surface area contributed by atoms with Gasteiger partial charge in [0.2, 0.25) is 0 Å². The van der Waals surface area contributed by atoms with Gasteiger partial charge in [-0.15, -0.1) is 0 Å². The van der Waals surface area contributed by atoms with Crippen LogP contribution in [-0.4, -0.2) is 54.7 Å². The molecule has 3 aromatic rings. The van der Waals surface area contributed by atoms with Gasteiger partial charge in [-0.25, -0.2) is 4.79 Å². The third-order valence-electron chi connectivity index (χ3n) is 5.66. The topological polar surface area (TPSA) is 108 Å². The largest absolute Gasteiger partial charge is 0.397 e. The molecule has 36 heavy (non-hydrogen) atoms. The van der Waals surface area contributed by atoms with E-state index in [-0.39, 0.29) is 17.7 Å². The number of Topliss-reactive ketones (excluding diaryl/α,β-unsaturated/α-hetero) is 1. The molecule has 8 heteroatoms. The summed E-state index contributed by atoms with van der Waals surface area (Å²) in [6.45, 7) is 3.30. The summed E-state index contributed by atoms with van der Waals surface area (Å²) in [4.78, 5) is 41.0. The van der Waals surface area contributed by atoms with Crippen LogP contribution in [0, 0.1) is 0 Å². The normalized spacial score (nSPS) is 10.7. The zero-order chi connectivity index (χ0) is 26.1. The monoisotopic (exact) mass is 487 g/mol. The van der Waals surface area contributed by atoms with E-state index < -0.39 is 0 Å². The first kappa shape index (κ1) is 26.4. The highest BCUT2D eigenvalue weighted by Crippen LogP contribution is 2.18. The predicted octanol–water partition coefficient (Wildman–Crippen LogP) is 4.71. The Hall–Kier alpha value is -4.17. The number of carbonyl (C=O) groups excluding carboxylic acids is 3. The fourth-order valence-electron chi connectivity index (χ4n) is 3.61. The van der Waals surface area contributed by atoms with Gasteiger partial charge in [0.05, 0.1) is 11.4 Å². The lowest BCUT2D eigenvalue weighted by molar-refractivity contribution is 0.101. The summed E-state index contributed by atoms with van der Waals surface area (Å²) >= 11 is 0. The van der Waals surface area contributed by atoms with E-state index in [0.29, 0.717) is 41.3 Å². The van der Waals surface area contributed by atoms with Crippen LogP contribution < -0.4 is 16.4 Å². The van der Waals surface area contributed by atoms with Crippen molar-refractivity contribution in [1.82, 2.24) is 9.80 Å². The fourth-order valence-corrected chi connectivity index (χ4v) is 3.61. The number of amides is 3. The van der Waals surface area contributed by atoms with Crippen LogP contribution in [0.5, 0.6) is 0 Å². The number of hydrogen-bond acceptors (Lipinski definition) is 5. The molecule has 0 fully saturated rings. The third kappa shape index (κ3) is 7.68. The number of anilines is 3. The second-order valence-electron chi connectivity index (χ2n) is 8.88. The van der Waals surface area contributed by atoms with Crippen LogP contribution in [0.2, 0.25) is 0 Å². The van der Waals surface area contributed by atoms with E-state index in [1.54, 1.807) is 59.5 Å². The number of nitrogen functional groups attached to an aromatic ring is 1. The number of rotatable bonds is 10. The minimum absolute atomic E-state index is 0.0254. The minimum Gasteiger partial charge on any atom is -0.397 e. The van der Waals surface area contributed by atoms with Gasteiger partial charge in [0.25, 0.3) is 5.91 Å². The molecule has 0 radical (unpaired) electrons. The van der Waals surface area contributed by atoms with Gasteiger partial charge >= 0.3 is 6.03 Å². The van der Waals surface area contributed by atoms with Crippen molar-refractivity contribution in [3.05, 3.63) is 89.5 Å². The number of nitrogens with zero attached hydrogens (tertiary/aromatic N) is 2. The molecule has 0 aliphatic carbocycles. The Balaban J connectivity index is 1.67. The van der Waals surface area contributed by atoms with Crippen LogP contribution in [0.15, 0.2) is 72.8 Å². The average molecular weight is 488 g/mol. The Morgan fingerprint density at radius 2 is 1.44 bits per heavy atom. The van der Waals surface area contributed by atoms with E-state index >= 15 is 0 Å². The molecule has 0 bridgehead atoms. The molecule has 0 spiro atoms. The Kier molecular flexibility index (Phi) is 9.19. The molecule has 0 heterocycles. The highest BCUT2D eigenvalue weighted by molar-refractivity contribution is 6.05. The number of benzene rings is 3. The Morgan fingerprint density at radius 1 is 0.806 bits per heavy atom. The summed E-state index contributed by atoms with van der Waals surface area (Å²) < 4.78 is 0. The number of urea groups is 1. The van der Waals surface area contributed by atoms with Crippen LogP contribution in [0.4, 0.5) is 21.9 Å². The van der Waals surface area contributed by atoms with E-state index in [4.69, 9.17) is 5.73 Å². The van der Waals surface area contributed by atoms with Gasteiger partial charge in [0.1, 0.15) is 0 Å². The first-order chi connectivity index (χ1) is 17.2. The molecule has 3 amide bonds. The first-order valence-electron chi connectivity index (χ1n) is 11.8. The van der Waals surface area contributed by atoms with Crippen LogP contribution in [0.25, 0.3) is 0 Å². The van der Waals surface area contributed by atoms with E-state index in [0.717, 1.165) is 18.5 Å². The first-order valence-corrected chi connectivity index (χ1v) is 11.8. The molecular weight excluding hydrogens is 454 g/mol. The van der Waals surface area contributed by atoms with Gasteiger partial charge in [-0.05, 0) is 88.1 Å². The lowest BCUT2D eigenvalue weighted by Gasteiger charge is -2.24. The van der Waals surface area contributed by atoms with Gasteiger partial charge in [-0.3, -0.25) is 9.59 Å². The zero-order valence-electron chi connectivity index (χ0n) is 21.0. The Labute approximate surface area is 212 Å². The van der Waals surface area contributed by atoms with Crippen molar-refractivity contribution >= 4 is 34.8 Å². The number of hydrogen-bond donors (Lipinski definition) is 3. The molecule has 8 nitrogen and oxygen atoms in total. The van der Waals surface area contributed by atoms with Crippen molar-refractivity contribution in [3.63, 3.8) is 0 Å². The molecule has 0 aliphatic heterocycles. The Bertz CT molecular complexity index is 1190. The molecule has 188 valence electrons. The SMILES string of the molecule is CC(=O)c1ccc(NC(=O)N(CCCN(C)C)Cc2ccc(C(=O)Nc3ccccc3N)cc2)cc1. The lowest BCUT2D eigenvalue weighted by Crippen LogP contribution is -2.36. The van der Waals surface area contributed by atoms with Crippen molar-refractivity contribution in [3.8, 4) is 0 Å². The molecule has 0 atom stereocenters. The maximum absolute atomic E-state index is 13.1. The van der Waals surface area contributed by atoms with Crippen LogP contribution in [0.1, 0.15) is 39.6 Å². The summed E-state index contributed by atoms with van der Waals surface area (Å²) in [6, 6.07) is 20.9. The standard InChI is InChI=1S/C28H33N5O3/c1-20(34)22-13-15-24(16-14-22)30-28(36)33(18-6-17-32(2)3)19-21-9-11-23(12-10-21)27(35)31-26-8-5-4-7-25(26)29/h4-5,7-16H,6,17-19,29H2,1-3H3,(H,30,36)(H,31,35). The maximum atomic E-state index is 13.1. The van der Waals surface area contributed by atoms with E-state index in [1.807, 2.05) is 32.3 Å². The van der Waals surface area contributed by atoms with E-state index in [1.165, 1.54) is 6.92 Å². The maximum Gasteiger partial charge on any atom is 0.322 e. The van der Waals surface area contributed by atoms with Gasteiger partial charge in [0, 0.05) is 29.9 Å². The average Bonchev–Trinajstić information content (AvgIpc) is 2.85. The molecule has 0 aliphatic rings. The van der Waals surface area contributed by atoms with Crippen LogP contribution in [0.3, 0.4) is 0 Å². The summed E-state index contributed by atoms with van der Waals surface area (Å²) in [5, 5.41) is 5.73. The van der Waals surface area contributed by atoms with E-state index in [9.17, 15) is 14.4 Å². The zero-order valence-corrected chi connectivity index (χ0v) is 21.0. The summed E-state index contributed by atoms with van der Waals surface area (Å²) in [7, 11) is 3.99. The second-order valence-corrected chi connectivity index (χ2v) is 8.88. The van der Waals surface area contributed by atoms with Crippen LogP contribution in [-0.2, 0) is 6.54 Å². The number of nitrogens with two attached hydrogens (primary N) is 1. The molecule has 3 rings (SSSR count). The molecular formula is C28H33N5O3. The molecule has 0 saturated carbocycles. The number of ketones is 1. The highest BCUT2D eigenvalue weighted by atomic mass is 16.2. The Morgan fingerprint density at radius 3 is 2.06 bits per heavy atom. The number of carbonyl (C=O) groups is 3. The summed E-state index contributed by atoms with van der Waals surface area (Å²) in [5.41, 5.74) is 9.58. The lowest BCUT2D eigenvalue weighted by atomic mass is 10.1.